The summed E-state index contributed by atoms with van der Waals surface area (Å²) in [6, 6.07) is 14.4. The molecule has 6 nitrogen and oxygen atoms in total. The predicted octanol–water partition coefficient (Wildman–Crippen LogP) is 2.89. The highest BCUT2D eigenvalue weighted by Gasteiger charge is 2.38. The molecular formula is C22H25NO5. The lowest BCUT2D eigenvalue weighted by molar-refractivity contribution is -0.143. The maximum Gasteiger partial charge on any atom is 0.315 e. The molecule has 2 aromatic carbocycles. The molecule has 0 aliphatic carbocycles. The van der Waals surface area contributed by atoms with E-state index in [1.807, 2.05) is 18.2 Å². The van der Waals surface area contributed by atoms with Crippen molar-refractivity contribution in [2.45, 2.75) is 31.6 Å². The number of fused-ring (bicyclic) bond motifs is 1. The van der Waals surface area contributed by atoms with Crippen LogP contribution in [-0.2, 0) is 20.4 Å². The second-order valence-electron chi connectivity index (χ2n) is 7.67. The van der Waals surface area contributed by atoms with Gasteiger partial charge in [0.1, 0.15) is 18.6 Å². The van der Waals surface area contributed by atoms with Gasteiger partial charge in [0.2, 0.25) is 5.91 Å². The van der Waals surface area contributed by atoms with Crippen molar-refractivity contribution in [3.05, 3.63) is 59.7 Å². The Morgan fingerprint density at radius 1 is 0.964 bits per heavy atom. The minimum absolute atomic E-state index is 0.0147. The Morgan fingerprint density at radius 2 is 1.61 bits per heavy atom. The molecule has 0 fully saturated rings. The molecule has 0 spiro atoms. The van der Waals surface area contributed by atoms with Crippen molar-refractivity contribution >= 4 is 11.9 Å². The quantitative estimate of drug-likeness (QED) is 0.801. The number of carbonyl (C=O) groups is 2. The Kier molecular flexibility index (Phi) is 5.31. The highest BCUT2D eigenvalue weighted by Crippen LogP contribution is 2.35. The Bertz CT molecular complexity index is 878. The van der Waals surface area contributed by atoms with Crippen LogP contribution in [0.2, 0.25) is 0 Å². The zero-order chi connectivity index (χ0) is 20.4. The number of hydrogen-bond acceptors (Lipinski definition) is 4. The summed E-state index contributed by atoms with van der Waals surface area (Å²) in [7, 11) is 0. The Balaban J connectivity index is 1.78. The monoisotopic (exact) mass is 383 g/mol. The molecule has 1 aliphatic rings. The van der Waals surface area contributed by atoms with Gasteiger partial charge in [-0.15, -0.1) is 0 Å². The SMILES string of the molecule is CC(C)(C(=O)NCC(C)(C(=O)O)c1ccccc1)c1ccc2c(c1)OCCO2. The largest absolute Gasteiger partial charge is 0.486 e. The topological polar surface area (TPSA) is 84.9 Å². The van der Waals surface area contributed by atoms with Gasteiger partial charge < -0.3 is 19.9 Å². The standard InChI is InChI=1S/C22H25NO5/c1-21(2,16-9-10-17-18(13-16)28-12-11-27-17)19(24)23-14-22(3,20(25)26)15-7-5-4-6-8-15/h4-10,13H,11-12,14H2,1-3H3,(H,23,24)(H,25,26). The smallest absolute Gasteiger partial charge is 0.315 e. The fourth-order valence-electron chi connectivity index (χ4n) is 3.15. The predicted molar refractivity (Wildman–Crippen MR) is 105 cm³/mol. The average Bonchev–Trinajstić information content (AvgIpc) is 2.71. The first-order chi connectivity index (χ1) is 13.2. The minimum Gasteiger partial charge on any atom is -0.486 e. The lowest BCUT2D eigenvalue weighted by Gasteiger charge is -2.30. The highest BCUT2D eigenvalue weighted by molar-refractivity contribution is 5.89. The summed E-state index contributed by atoms with van der Waals surface area (Å²) < 4.78 is 11.1. The fourth-order valence-corrected chi connectivity index (χ4v) is 3.15. The molecule has 2 aromatic rings. The second kappa shape index (κ2) is 7.54. The molecule has 0 saturated heterocycles. The first-order valence-corrected chi connectivity index (χ1v) is 9.22. The normalized spacial score (nSPS) is 15.4. The van der Waals surface area contributed by atoms with Crippen LogP contribution in [-0.4, -0.2) is 36.7 Å². The molecule has 2 N–H and O–H groups in total. The lowest BCUT2D eigenvalue weighted by Crippen LogP contribution is -2.48. The number of amides is 1. The average molecular weight is 383 g/mol. The van der Waals surface area contributed by atoms with Gasteiger partial charge in [-0.3, -0.25) is 9.59 Å². The summed E-state index contributed by atoms with van der Waals surface area (Å²) in [6.45, 7) is 6.17. The molecule has 0 radical (unpaired) electrons. The number of benzene rings is 2. The molecule has 148 valence electrons. The molecule has 3 rings (SSSR count). The molecule has 1 amide bonds. The zero-order valence-electron chi connectivity index (χ0n) is 16.3. The van der Waals surface area contributed by atoms with Gasteiger partial charge in [0, 0.05) is 6.54 Å². The van der Waals surface area contributed by atoms with Crippen molar-refractivity contribution in [1.82, 2.24) is 5.32 Å². The van der Waals surface area contributed by atoms with Gasteiger partial charge in [0.05, 0.1) is 5.41 Å². The van der Waals surface area contributed by atoms with E-state index in [-0.39, 0.29) is 12.5 Å². The van der Waals surface area contributed by atoms with Crippen molar-refractivity contribution in [1.29, 1.82) is 0 Å². The number of carboxylic acids is 1. The van der Waals surface area contributed by atoms with Crippen molar-refractivity contribution < 1.29 is 24.2 Å². The first kappa shape index (κ1) is 19.7. The number of ether oxygens (including phenoxy) is 2. The van der Waals surface area contributed by atoms with Gasteiger partial charge >= 0.3 is 5.97 Å². The maximum atomic E-state index is 13.0. The fraction of sp³-hybridized carbons (Fsp3) is 0.364. The van der Waals surface area contributed by atoms with Crippen LogP contribution in [0.1, 0.15) is 31.9 Å². The maximum absolute atomic E-state index is 13.0. The van der Waals surface area contributed by atoms with Gasteiger partial charge in [0.25, 0.3) is 0 Å². The summed E-state index contributed by atoms with van der Waals surface area (Å²) in [5, 5.41) is 12.6. The van der Waals surface area contributed by atoms with E-state index in [4.69, 9.17) is 9.47 Å². The number of aliphatic carboxylic acids is 1. The van der Waals surface area contributed by atoms with Crippen molar-refractivity contribution in [3.63, 3.8) is 0 Å². The van der Waals surface area contributed by atoms with Gasteiger partial charge in [-0.1, -0.05) is 36.4 Å². The molecule has 0 saturated carbocycles. The number of rotatable bonds is 6. The number of nitrogens with one attached hydrogen (secondary N) is 1. The molecule has 1 aliphatic heterocycles. The third-order valence-corrected chi connectivity index (χ3v) is 5.32. The van der Waals surface area contributed by atoms with Crippen LogP contribution in [0.3, 0.4) is 0 Å². The van der Waals surface area contributed by atoms with E-state index in [0.717, 1.165) is 5.56 Å². The molecular weight excluding hydrogens is 358 g/mol. The summed E-state index contributed by atoms with van der Waals surface area (Å²) >= 11 is 0. The summed E-state index contributed by atoms with van der Waals surface area (Å²) in [5.74, 6) is 0.0294. The van der Waals surface area contributed by atoms with E-state index in [0.29, 0.717) is 30.3 Å². The number of carbonyl (C=O) groups excluding carboxylic acids is 1. The van der Waals surface area contributed by atoms with Gasteiger partial charge in [0.15, 0.2) is 11.5 Å². The molecule has 28 heavy (non-hydrogen) atoms. The molecule has 1 unspecified atom stereocenters. The molecule has 0 bridgehead atoms. The Hall–Kier alpha value is -3.02. The summed E-state index contributed by atoms with van der Waals surface area (Å²) in [5.41, 5.74) is -0.683. The second-order valence-corrected chi connectivity index (χ2v) is 7.67. The van der Waals surface area contributed by atoms with Gasteiger partial charge in [-0.25, -0.2) is 0 Å². The van der Waals surface area contributed by atoms with Gasteiger partial charge in [-0.05, 0) is 44.0 Å². The van der Waals surface area contributed by atoms with Crippen LogP contribution in [0, 0.1) is 0 Å². The molecule has 1 heterocycles. The van der Waals surface area contributed by atoms with E-state index >= 15 is 0 Å². The van der Waals surface area contributed by atoms with Crippen molar-refractivity contribution in [2.24, 2.45) is 0 Å². The zero-order valence-corrected chi connectivity index (χ0v) is 16.3. The summed E-state index contributed by atoms with van der Waals surface area (Å²) in [4.78, 5) is 24.9. The third-order valence-electron chi connectivity index (χ3n) is 5.32. The first-order valence-electron chi connectivity index (χ1n) is 9.22. The van der Waals surface area contributed by atoms with Crippen LogP contribution in [0.4, 0.5) is 0 Å². The van der Waals surface area contributed by atoms with Gasteiger partial charge in [-0.2, -0.15) is 0 Å². The van der Waals surface area contributed by atoms with Crippen molar-refractivity contribution in [2.75, 3.05) is 19.8 Å². The van der Waals surface area contributed by atoms with E-state index in [2.05, 4.69) is 5.32 Å². The molecule has 6 heteroatoms. The Labute approximate surface area is 164 Å². The number of hydrogen-bond donors (Lipinski definition) is 2. The Morgan fingerprint density at radius 3 is 2.25 bits per heavy atom. The van der Waals surface area contributed by atoms with Crippen LogP contribution in [0.25, 0.3) is 0 Å². The molecule has 0 aromatic heterocycles. The van der Waals surface area contributed by atoms with E-state index < -0.39 is 16.8 Å². The number of carboxylic acid groups (broad SMARTS) is 1. The van der Waals surface area contributed by atoms with E-state index in [1.165, 1.54) is 0 Å². The minimum atomic E-state index is -1.22. The van der Waals surface area contributed by atoms with E-state index in [9.17, 15) is 14.7 Å². The molecule has 1 atom stereocenters. The third kappa shape index (κ3) is 3.67. The van der Waals surface area contributed by atoms with Crippen LogP contribution in [0.15, 0.2) is 48.5 Å². The van der Waals surface area contributed by atoms with Crippen molar-refractivity contribution in [3.8, 4) is 11.5 Å². The van der Waals surface area contributed by atoms with Crippen LogP contribution < -0.4 is 14.8 Å². The van der Waals surface area contributed by atoms with E-state index in [1.54, 1.807) is 51.1 Å². The van der Waals surface area contributed by atoms with Crippen LogP contribution >= 0.6 is 0 Å². The lowest BCUT2D eigenvalue weighted by atomic mass is 9.80. The summed E-state index contributed by atoms with van der Waals surface area (Å²) in [6.07, 6.45) is 0. The highest BCUT2D eigenvalue weighted by atomic mass is 16.6. The van der Waals surface area contributed by atoms with Crippen LogP contribution in [0.5, 0.6) is 11.5 Å².